The van der Waals surface area contributed by atoms with Crippen LogP contribution in [0.25, 0.3) is 0 Å². The monoisotopic (exact) mass is 256 g/mol. The third-order valence-electron chi connectivity index (χ3n) is 3.38. The van der Waals surface area contributed by atoms with Gasteiger partial charge in [0.2, 0.25) is 0 Å². The first-order valence-electron chi connectivity index (χ1n) is 6.27. The topological polar surface area (TPSA) is 41.1 Å². The zero-order valence-electron chi connectivity index (χ0n) is 11.6. The fraction of sp³-hybridized carbons (Fsp3) is 0.833. The summed E-state index contributed by atoms with van der Waals surface area (Å²) in [7, 11) is 2.15. The Labute approximate surface area is 109 Å². The summed E-state index contributed by atoms with van der Waals surface area (Å²) in [5.74, 6) is 0. The molecular formula is C12H24N4S. The Morgan fingerprint density at radius 2 is 2.06 bits per heavy atom. The summed E-state index contributed by atoms with van der Waals surface area (Å²) >= 11 is 1.45. The molecule has 4 nitrogen and oxygen atoms in total. The number of nitrogens with one attached hydrogen (secondary N) is 1. The lowest BCUT2D eigenvalue weighted by Gasteiger charge is -2.34. The average molecular weight is 256 g/mol. The van der Waals surface area contributed by atoms with E-state index in [0.717, 1.165) is 36.6 Å². The molecule has 0 bridgehead atoms. The van der Waals surface area contributed by atoms with Gasteiger partial charge in [0, 0.05) is 30.2 Å². The maximum atomic E-state index is 4.22. The number of aromatic nitrogens is 2. The van der Waals surface area contributed by atoms with E-state index in [-0.39, 0.29) is 5.54 Å². The van der Waals surface area contributed by atoms with Gasteiger partial charge >= 0.3 is 0 Å². The molecule has 1 aromatic rings. The van der Waals surface area contributed by atoms with Gasteiger partial charge < -0.3 is 5.32 Å². The molecule has 0 fully saturated rings. The van der Waals surface area contributed by atoms with E-state index >= 15 is 0 Å². The lowest BCUT2D eigenvalue weighted by molar-refractivity contribution is 0.141. The molecule has 17 heavy (non-hydrogen) atoms. The van der Waals surface area contributed by atoms with E-state index in [1.165, 1.54) is 11.5 Å². The van der Waals surface area contributed by atoms with Gasteiger partial charge in [0.15, 0.2) is 0 Å². The van der Waals surface area contributed by atoms with E-state index in [1.807, 2.05) is 0 Å². The fourth-order valence-electron chi connectivity index (χ4n) is 1.39. The molecule has 1 aromatic heterocycles. The molecule has 0 aliphatic heterocycles. The number of anilines is 1. The maximum Gasteiger partial charge on any atom is 0.134 e. The van der Waals surface area contributed by atoms with Crippen LogP contribution in [0, 0.1) is 0 Å². The van der Waals surface area contributed by atoms with Crippen LogP contribution in [0.1, 0.15) is 46.2 Å². The lowest BCUT2D eigenvalue weighted by atomic mass is 10.00. The van der Waals surface area contributed by atoms with Crippen molar-refractivity contribution in [2.75, 3.05) is 18.9 Å². The fourth-order valence-corrected chi connectivity index (χ4v) is 1.99. The second kappa shape index (κ2) is 6.31. The molecule has 0 spiro atoms. The minimum atomic E-state index is 0.200. The second-order valence-electron chi connectivity index (χ2n) is 5.00. The van der Waals surface area contributed by atoms with Gasteiger partial charge in [-0.3, -0.25) is 4.90 Å². The van der Waals surface area contributed by atoms with Crippen molar-refractivity contribution in [1.82, 2.24) is 14.5 Å². The van der Waals surface area contributed by atoms with Crippen LogP contribution >= 0.6 is 11.5 Å². The van der Waals surface area contributed by atoms with Crippen molar-refractivity contribution in [1.29, 1.82) is 0 Å². The molecule has 0 saturated carbocycles. The van der Waals surface area contributed by atoms with Crippen LogP contribution in [0.2, 0.25) is 0 Å². The van der Waals surface area contributed by atoms with Gasteiger partial charge in [-0.05, 0) is 33.7 Å². The SMILES string of the molecule is CCCNc1snnc1CN(C)C(C)(C)CC. The van der Waals surface area contributed by atoms with Crippen molar-refractivity contribution in [3.05, 3.63) is 5.69 Å². The predicted octanol–water partition coefficient (Wildman–Crippen LogP) is 2.98. The predicted molar refractivity (Wildman–Crippen MR) is 74.5 cm³/mol. The molecule has 0 amide bonds. The Balaban J connectivity index is 2.65. The summed E-state index contributed by atoms with van der Waals surface area (Å²) in [4.78, 5) is 2.33. The molecule has 0 atom stereocenters. The molecule has 0 radical (unpaired) electrons. The highest BCUT2D eigenvalue weighted by Crippen LogP contribution is 2.23. The third kappa shape index (κ3) is 3.92. The number of nitrogens with zero attached hydrogens (tertiary/aromatic N) is 3. The van der Waals surface area contributed by atoms with Crippen LogP contribution in [0.15, 0.2) is 0 Å². The molecule has 0 saturated heterocycles. The minimum absolute atomic E-state index is 0.200. The Bertz CT molecular complexity index is 335. The molecular weight excluding hydrogens is 232 g/mol. The highest BCUT2D eigenvalue weighted by atomic mass is 32.1. The van der Waals surface area contributed by atoms with Crippen LogP contribution < -0.4 is 5.32 Å². The molecule has 1 N–H and O–H groups in total. The van der Waals surface area contributed by atoms with Gasteiger partial charge in [-0.2, -0.15) is 0 Å². The zero-order chi connectivity index (χ0) is 12.9. The van der Waals surface area contributed by atoms with Crippen LogP contribution in [0.5, 0.6) is 0 Å². The second-order valence-corrected chi connectivity index (χ2v) is 5.75. The molecule has 5 heteroatoms. The summed E-state index contributed by atoms with van der Waals surface area (Å²) < 4.78 is 4.04. The van der Waals surface area contributed by atoms with E-state index in [9.17, 15) is 0 Å². The molecule has 1 heterocycles. The summed E-state index contributed by atoms with van der Waals surface area (Å²) in [5.41, 5.74) is 1.26. The first-order valence-corrected chi connectivity index (χ1v) is 7.05. The molecule has 0 unspecified atom stereocenters. The van der Waals surface area contributed by atoms with Gasteiger partial charge in [0.25, 0.3) is 0 Å². The normalized spacial score (nSPS) is 12.1. The van der Waals surface area contributed by atoms with Crippen molar-refractivity contribution in [2.45, 2.75) is 52.6 Å². The molecule has 0 aliphatic carbocycles. The minimum Gasteiger partial charge on any atom is -0.374 e. The maximum absolute atomic E-state index is 4.22. The largest absolute Gasteiger partial charge is 0.374 e. The Morgan fingerprint density at radius 3 is 2.65 bits per heavy atom. The van der Waals surface area contributed by atoms with Gasteiger partial charge in [-0.1, -0.05) is 18.3 Å². The summed E-state index contributed by atoms with van der Waals surface area (Å²) in [6.07, 6.45) is 2.24. The lowest BCUT2D eigenvalue weighted by Crippen LogP contribution is -2.40. The van der Waals surface area contributed by atoms with Gasteiger partial charge in [-0.25, -0.2) is 0 Å². The third-order valence-corrected chi connectivity index (χ3v) is 4.10. The summed E-state index contributed by atoms with van der Waals surface area (Å²) in [5, 5.41) is 8.72. The molecule has 0 aromatic carbocycles. The first kappa shape index (κ1) is 14.4. The number of hydrogen-bond donors (Lipinski definition) is 1. The molecule has 0 aliphatic rings. The van der Waals surface area contributed by atoms with Crippen LogP contribution in [0.3, 0.4) is 0 Å². The smallest absolute Gasteiger partial charge is 0.134 e. The van der Waals surface area contributed by atoms with Crippen molar-refractivity contribution < 1.29 is 0 Å². The van der Waals surface area contributed by atoms with Crippen molar-refractivity contribution in [3.8, 4) is 0 Å². The first-order chi connectivity index (χ1) is 8.01. The summed E-state index contributed by atoms with van der Waals surface area (Å²) in [6.45, 7) is 10.7. The van der Waals surface area contributed by atoms with Crippen molar-refractivity contribution in [2.24, 2.45) is 0 Å². The Morgan fingerprint density at radius 1 is 1.35 bits per heavy atom. The van der Waals surface area contributed by atoms with E-state index in [2.05, 4.69) is 54.5 Å². The Hall–Kier alpha value is -0.680. The van der Waals surface area contributed by atoms with Crippen molar-refractivity contribution >= 4 is 16.5 Å². The van der Waals surface area contributed by atoms with Crippen molar-refractivity contribution in [3.63, 3.8) is 0 Å². The number of hydrogen-bond acceptors (Lipinski definition) is 5. The van der Waals surface area contributed by atoms with E-state index < -0.39 is 0 Å². The van der Waals surface area contributed by atoms with Gasteiger partial charge in [0.05, 0.1) is 0 Å². The summed E-state index contributed by atoms with van der Waals surface area (Å²) in [6, 6.07) is 0. The van der Waals surface area contributed by atoms with Crippen LogP contribution in [0.4, 0.5) is 5.00 Å². The van der Waals surface area contributed by atoms with Crippen LogP contribution in [-0.4, -0.2) is 33.6 Å². The average Bonchev–Trinajstić information content (AvgIpc) is 2.73. The quantitative estimate of drug-likeness (QED) is 0.814. The Kier molecular flexibility index (Phi) is 5.33. The van der Waals surface area contributed by atoms with E-state index in [1.54, 1.807) is 0 Å². The van der Waals surface area contributed by atoms with E-state index in [0.29, 0.717) is 0 Å². The van der Waals surface area contributed by atoms with Crippen LogP contribution in [-0.2, 0) is 6.54 Å². The van der Waals surface area contributed by atoms with Gasteiger partial charge in [0.1, 0.15) is 10.7 Å². The standard InChI is InChI=1S/C12H24N4S/c1-6-8-13-11-10(14-15-17-11)9-16(5)12(3,4)7-2/h13H,6-9H2,1-5H3. The highest BCUT2D eigenvalue weighted by molar-refractivity contribution is 7.10. The van der Waals surface area contributed by atoms with E-state index in [4.69, 9.17) is 0 Å². The zero-order valence-corrected chi connectivity index (χ0v) is 12.4. The molecule has 1 rings (SSSR count). The van der Waals surface area contributed by atoms with Gasteiger partial charge in [-0.15, -0.1) is 5.10 Å². The highest BCUT2D eigenvalue weighted by Gasteiger charge is 2.23. The molecule has 98 valence electrons. The number of rotatable bonds is 7.